The van der Waals surface area contributed by atoms with E-state index in [1.807, 2.05) is 0 Å². The topological polar surface area (TPSA) is 92.8 Å². The number of nitrogens with one attached hydrogen (secondary N) is 1. The van der Waals surface area contributed by atoms with Gasteiger partial charge in [-0.15, -0.1) is 0 Å². The first-order valence-corrected chi connectivity index (χ1v) is 11.1. The number of hydrogen-bond acceptors (Lipinski definition) is 5. The van der Waals surface area contributed by atoms with Gasteiger partial charge in [0, 0.05) is 17.6 Å². The van der Waals surface area contributed by atoms with E-state index in [1.165, 1.54) is 12.1 Å². The van der Waals surface area contributed by atoms with Crippen molar-refractivity contribution in [1.82, 2.24) is 9.62 Å². The molecule has 0 aromatic heterocycles. The molecule has 1 fully saturated rings. The molecule has 9 heteroatoms. The van der Waals surface area contributed by atoms with Gasteiger partial charge in [-0.2, -0.15) is 4.72 Å². The molecule has 150 valence electrons. The van der Waals surface area contributed by atoms with Crippen molar-refractivity contribution in [1.29, 1.82) is 0 Å². The van der Waals surface area contributed by atoms with Crippen LogP contribution in [0.15, 0.2) is 33.6 Å². The first-order valence-electron chi connectivity index (χ1n) is 8.85. The lowest BCUT2D eigenvalue weighted by Crippen LogP contribution is -2.42. The highest BCUT2D eigenvalue weighted by atomic mass is 79.9. The minimum Gasteiger partial charge on any atom is -0.455 e. The third-order valence-electron chi connectivity index (χ3n) is 4.80. The quantitative estimate of drug-likeness (QED) is 0.630. The molecule has 1 aliphatic carbocycles. The molecule has 0 aliphatic heterocycles. The number of nitrogens with zero attached hydrogens (tertiary/aromatic N) is 1. The van der Waals surface area contributed by atoms with Crippen molar-refractivity contribution in [3.63, 3.8) is 0 Å². The summed E-state index contributed by atoms with van der Waals surface area (Å²) in [5.74, 6) is -0.397. The molecule has 0 atom stereocenters. The van der Waals surface area contributed by atoms with Crippen molar-refractivity contribution < 1.29 is 22.7 Å². The van der Waals surface area contributed by atoms with Crippen LogP contribution in [0.3, 0.4) is 0 Å². The van der Waals surface area contributed by atoms with Gasteiger partial charge in [0.15, 0.2) is 6.61 Å². The summed E-state index contributed by atoms with van der Waals surface area (Å²) in [7, 11) is -2.12. The summed E-state index contributed by atoms with van der Waals surface area (Å²) >= 11 is 3.20. The number of benzene rings is 1. The van der Waals surface area contributed by atoms with Gasteiger partial charge in [-0.05, 0) is 49.8 Å². The molecule has 1 amide bonds. The normalized spacial score (nSPS) is 20.1. The van der Waals surface area contributed by atoms with Gasteiger partial charge in [0.05, 0.1) is 4.90 Å². The van der Waals surface area contributed by atoms with Crippen molar-refractivity contribution in [3.8, 4) is 0 Å². The Bertz CT molecular complexity index is 776. The molecular weight excluding hydrogens is 436 g/mol. The molecule has 0 bridgehead atoms. The lowest BCUT2D eigenvalue weighted by atomic mass is 9.87. The zero-order valence-corrected chi connectivity index (χ0v) is 17.9. The van der Waals surface area contributed by atoms with Crippen LogP contribution in [-0.4, -0.2) is 51.4 Å². The second-order valence-electron chi connectivity index (χ2n) is 6.86. The fourth-order valence-corrected chi connectivity index (χ4v) is 4.57. The van der Waals surface area contributed by atoms with Crippen LogP contribution in [-0.2, 0) is 24.3 Å². The van der Waals surface area contributed by atoms with Gasteiger partial charge in [-0.1, -0.05) is 28.9 Å². The molecule has 7 nitrogen and oxygen atoms in total. The van der Waals surface area contributed by atoms with Crippen LogP contribution in [0.2, 0.25) is 0 Å². The van der Waals surface area contributed by atoms with Crippen molar-refractivity contribution in [2.24, 2.45) is 5.92 Å². The van der Waals surface area contributed by atoms with Crippen molar-refractivity contribution in [2.75, 3.05) is 20.2 Å². The zero-order valence-electron chi connectivity index (χ0n) is 15.5. The number of hydrogen-bond donors (Lipinski definition) is 1. The molecule has 0 radical (unpaired) electrons. The number of amides is 1. The monoisotopic (exact) mass is 460 g/mol. The maximum Gasteiger partial charge on any atom is 0.321 e. The molecule has 1 aromatic rings. The molecular formula is C18H25BrN2O5S. The van der Waals surface area contributed by atoms with E-state index >= 15 is 0 Å². The van der Waals surface area contributed by atoms with E-state index in [1.54, 1.807) is 24.1 Å². The Balaban J connectivity index is 1.78. The molecule has 2 rings (SSSR count). The van der Waals surface area contributed by atoms with Gasteiger partial charge in [0.2, 0.25) is 10.0 Å². The average molecular weight is 461 g/mol. The van der Waals surface area contributed by atoms with Gasteiger partial charge in [-0.25, -0.2) is 8.42 Å². The molecule has 1 aromatic carbocycles. The van der Waals surface area contributed by atoms with Crippen LogP contribution in [0.25, 0.3) is 0 Å². The maximum atomic E-state index is 12.2. The van der Waals surface area contributed by atoms with E-state index in [0.717, 1.165) is 25.7 Å². The fourth-order valence-electron chi connectivity index (χ4n) is 3.00. The summed E-state index contributed by atoms with van der Waals surface area (Å²) < 4.78 is 32.0. The number of sulfonamides is 1. The smallest absolute Gasteiger partial charge is 0.321 e. The largest absolute Gasteiger partial charge is 0.455 e. The summed E-state index contributed by atoms with van der Waals surface area (Å²) in [4.78, 5) is 25.7. The second kappa shape index (κ2) is 9.66. The van der Waals surface area contributed by atoms with Gasteiger partial charge >= 0.3 is 5.97 Å². The van der Waals surface area contributed by atoms with Crippen molar-refractivity contribution in [2.45, 2.75) is 43.5 Å². The first kappa shape index (κ1) is 21.8. The van der Waals surface area contributed by atoms with E-state index in [9.17, 15) is 18.0 Å². The van der Waals surface area contributed by atoms with E-state index in [4.69, 9.17) is 4.74 Å². The molecule has 1 N–H and O–H groups in total. The summed E-state index contributed by atoms with van der Waals surface area (Å²) in [5, 5.41) is 0. The lowest BCUT2D eigenvalue weighted by Gasteiger charge is -2.33. The molecule has 0 unspecified atom stereocenters. The Morgan fingerprint density at radius 2 is 1.93 bits per heavy atom. The summed E-state index contributed by atoms with van der Waals surface area (Å²) in [6, 6.07) is 6.29. The number of esters is 1. The van der Waals surface area contributed by atoms with Gasteiger partial charge in [-0.3, -0.25) is 9.59 Å². The van der Waals surface area contributed by atoms with Crippen LogP contribution in [0, 0.1) is 5.92 Å². The third kappa shape index (κ3) is 6.58. The minimum absolute atomic E-state index is 0.0343. The van der Waals surface area contributed by atoms with E-state index in [2.05, 4.69) is 27.6 Å². The molecule has 1 saturated carbocycles. The molecule has 0 saturated heterocycles. The number of carbonyl (C=O) groups excluding carboxylic acids is 2. The predicted octanol–water partition coefficient (Wildman–Crippen LogP) is 2.31. The Morgan fingerprint density at radius 3 is 2.56 bits per heavy atom. The summed E-state index contributed by atoms with van der Waals surface area (Å²) in [6.45, 7) is 1.28. The Hall–Kier alpha value is -1.45. The van der Waals surface area contributed by atoms with Gasteiger partial charge < -0.3 is 9.64 Å². The highest BCUT2D eigenvalue weighted by Gasteiger charge is 2.25. The number of halogens is 1. The highest BCUT2D eigenvalue weighted by Crippen LogP contribution is 2.26. The number of rotatable bonds is 7. The average Bonchev–Trinajstić information content (AvgIpc) is 2.64. The second-order valence-corrected chi connectivity index (χ2v) is 9.54. The van der Waals surface area contributed by atoms with Crippen LogP contribution in [0.5, 0.6) is 0 Å². The summed E-state index contributed by atoms with van der Waals surface area (Å²) in [5.41, 5.74) is 0. The van der Waals surface area contributed by atoms with E-state index < -0.39 is 22.5 Å². The van der Waals surface area contributed by atoms with Gasteiger partial charge in [0.1, 0.15) is 6.54 Å². The van der Waals surface area contributed by atoms with Crippen molar-refractivity contribution in [3.05, 3.63) is 28.7 Å². The van der Waals surface area contributed by atoms with Crippen LogP contribution in [0.4, 0.5) is 0 Å². The SMILES string of the molecule is CC1CCC(N(C)C(=O)COC(=O)CNS(=O)(=O)c2cccc(Br)c2)CC1. The standard InChI is InChI=1S/C18H25BrN2O5S/c1-13-6-8-15(9-7-13)21(2)17(22)12-26-18(23)11-20-27(24,25)16-5-3-4-14(19)10-16/h3-5,10,13,15,20H,6-9,11-12H2,1-2H3. The summed E-state index contributed by atoms with van der Waals surface area (Å²) in [6.07, 6.45) is 4.06. The predicted molar refractivity (Wildman–Crippen MR) is 104 cm³/mol. The Kier molecular flexibility index (Phi) is 7.81. The molecule has 0 heterocycles. The maximum absolute atomic E-state index is 12.2. The molecule has 1 aliphatic rings. The lowest BCUT2D eigenvalue weighted by molar-refractivity contribution is -0.151. The Labute approximate surface area is 168 Å². The van der Waals surface area contributed by atoms with E-state index in [-0.39, 0.29) is 23.5 Å². The number of carbonyl (C=O) groups is 2. The molecule has 0 spiro atoms. The van der Waals surface area contributed by atoms with E-state index in [0.29, 0.717) is 10.4 Å². The fraction of sp³-hybridized carbons (Fsp3) is 0.556. The van der Waals surface area contributed by atoms with Gasteiger partial charge in [0.25, 0.3) is 5.91 Å². The van der Waals surface area contributed by atoms with Crippen LogP contribution >= 0.6 is 15.9 Å². The first-order chi connectivity index (χ1) is 12.7. The third-order valence-corrected chi connectivity index (χ3v) is 6.69. The number of likely N-dealkylation sites (N-methyl/N-ethyl adjacent to an activating group) is 1. The zero-order chi connectivity index (χ0) is 20.0. The van der Waals surface area contributed by atoms with Crippen LogP contribution < -0.4 is 4.72 Å². The number of ether oxygens (including phenoxy) is 1. The van der Waals surface area contributed by atoms with Crippen molar-refractivity contribution >= 4 is 37.8 Å². The minimum atomic E-state index is -3.83. The van der Waals surface area contributed by atoms with Crippen LogP contribution in [0.1, 0.15) is 32.6 Å². The highest BCUT2D eigenvalue weighted by molar-refractivity contribution is 9.10. The molecule has 27 heavy (non-hydrogen) atoms. The Morgan fingerprint density at radius 1 is 1.26 bits per heavy atom.